The van der Waals surface area contributed by atoms with Crippen LogP contribution in [0.3, 0.4) is 0 Å². The number of piperidine rings is 1. The number of benzene rings is 1. The van der Waals surface area contributed by atoms with Crippen molar-refractivity contribution in [1.29, 1.82) is 0 Å². The van der Waals surface area contributed by atoms with E-state index < -0.39 is 0 Å². The average Bonchev–Trinajstić information content (AvgIpc) is 2.36. The van der Waals surface area contributed by atoms with Gasteiger partial charge in [-0.05, 0) is 57.1 Å². The second-order valence-corrected chi connectivity index (χ2v) is 5.61. The van der Waals surface area contributed by atoms with Gasteiger partial charge in [0.1, 0.15) is 0 Å². The van der Waals surface area contributed by atoms with Crippen LogP contribution in [-0.2, 0) is 0 Å². The van der Waals surface area contributed by atoms with Gasteiger partial charge in [0.05, 0.1) is 0 Å². The van der Waals surface area contributed by atoms with E-state index in [0.29, 0.717) is 0 Å². The highest BCUT2D eigenvalue weighted by atomic mass is 79.9. The molecule has 0 bridgehead atoms. The Kier molecular flexibility index (Phi) is 5.33. The lowest BCUT2D eigenvalue weighted by Gasteiger charge is -2.26. The number of nitrogens with zero attached hydrogens (tertiary/aromatic N) is 1. The Morgan fingerprint density at radius 2 is 2.00 bits per heavy atom. The quantitative estimate of drug-likeness (QED) is 0.833. The summed E-state index contributed by atoms with van der Waals surface area (Å²) in [5.74, 6) is 0. The summed E-state index contributed by atoms with van der Waals surface area (Å²) in [4.78, 5) is 2.59. The van der Waals surface area contributed by atoms with Gasteiger partial charge in [0.15, 0.2) is 0 Å². The van der Waals surface area contributed by atoms with Crippen molar-refractivity contribution in [2.45, 2.75) is 25.7 Å². The standard InChI is InChI=1S/C14H21BrN2/c15-13-6-4-7-14(12-13)16-8-5-11-17-9-2-1-3-10-17/h4,6-7,12,16H,1-3,5,8-11H2. The Balaban J connectivity index is 1.62. The van der Waals surface area contributed by atoms with E-state index in [-0.39, 0.29) is 0 Å². The summed E-state index contributed by atoms with van der Waals surface area (Å²) in [5, 5.41) is 3.47. The normalized spacial score (nSPS) is 17.0. The molecule has 0 aromatic heterocycles. The molecular formula is C14H21BrN2. The van der Waals surface area contributed by atoms with E-state index in [4.69, 9.17) is 0 Å². The molecule has 17 heavy (non-hydrogen) atoms. The molecule has 0 radical (unpaired) electrons. The first-order chi connectivity index (χ1) is 8.34. The summed E-state index contributed by atoms with van der Waals surface area (Å²) in [6.07, 6.45) is 5.43. The van der Waals surface area contributed by atoms with E-state index in [1.54, 1.807) is 0 Å². The zero-order chi connectivity index (χ0) is 11.9. The van der Waals surface area contributed by atoms with Crippen LogP contribution in [0.5, 0.6) is 0 Å². The number of anilines is 1. The number of nitrogens with one attached hydrogen (secondary N) is 1. The smallest absolute Gasteiger partial charge is 0.0351 e. The second kappa shape index (κ2) is 7.02. The van der Waals surface area contributed by atoms with Crippen LogP contribution in [-0.4, -0.2) is 31.1 Å². The largest absolute Gasteiger partial charge is 0.385 e. The van der Waals surface area contributed by atoms with Crippen molar-refractivity contribution >= 4 is 21.6 Å². The first-order valence-electron chi connectivity index (χ1n) is 6.56. The Labute approximate surface area is 113 Å². The maximum Gasteiger partial charge on any atom is 0.0351 e. The Morgan fingerprint density at radius 3 is 2.76 bits per heavy atom. The number of halogens is 1. The Bertz CT molecular complexity index is 335. The highest BCUT2D eigenvalue weighted by molar-refractivity contribution is 9.10. The van der Waals surface area contributed by atoms with Crippen LogP contribution < -0.4 is 5.32 Å². The first kappa shape index (κ1) is 12.9. The minimum Gasteiger partial charge on any atom is -0.385 e. The molecule has 1 heterocycles. The molecule has 1 aromatic carbocycles. The van der Waals surface area contributed by atoms with Crippen LogP contribution in [0.25, 0.3) is 0 Å². The summed E-state index contributed by atoms with van der Waals surface area (Å²) in [6.45, 7) is 4.90. The van der Waals surface area contributed by atoms with Crippen molar-refractivity contribution in [3.63, 3.8) is 0 Å². The van der Waals surface area contributed by atoms with E-state index in [2.05, 4.69) is 50.4 Å². The fourth-order valence-electron chi connectivity index (χ4n) is 2.32. The molecular weight excluding hydrogens is 276 g/mol. The van der Waals surface area contributed by atoms with Crippen molar-refractivity contribution in [2.24, 2.45) is 0 Å². The number of hydrogen-bond acceptors (Lipinski definition) is 2. The molecule has 1 aromatic rings. The fourth-order valence-corrected chi connectivity index (χ4v) is 2.72. The molecule has 3 heteroatoms. The van der Waals surface area contributed by atoms with Gasteiger partial charge in [0.2, 0.25) is 0 Å². The van der Waals surface area contributed by atoms with E-state index in [1.807, 2.05) is 0 Å². The molecule has 0 aliphatic carbocycles. The van der Waals surface area contributed by atoms with Gasteiger partial charge in [-0.2, -0.15) is 0 Å². The molecule has 0 saturated carbocycles. The van der Waals surface area contributed by atoms with Gasteiger partial charge in [0.25, 0.3) is 0 Å². The van der Waals surface area contributed by atoms with Crippen molar-refractivity contribution in [1.82, 2.24) is 4.90 Å². The van der Waals surface area contributed by atoms with Crippen molar-refractivity contribution in [2.75, 3.05) is 31.5 Å². The third-order valence-corrected chi connectivity index (χ3v) is 3.75. The minimum atomic E-state index is 1.06. The van der Waals surface area contributed by atoms with Gasteiger partial charge in [-0.1, -0.05) is 28.4 Å². The molecule has 1 aliphatic heterocycles. The SMILES string of the molecule is Brc1cccc(NCCCN2CCCCC2)c1. The monoisotopic (exact) mass is 296 g/mol. The predicted molar refractivity (Wildman–Crippen MR) is 77.5 cm³/mol. The molecule has 1 fully saturated rings. The van der Waals surface area contributed by atoms with Gasteiger partial charge in [-0.25, -0.2) is 0 Å². The lowest BCUT2D eigenvalue weighted by atomic mass is 10.1. The van der Waals surface area contributed by atoms with Gasteiger partial charge < -0.3 is 10.2 Å². The molecule has 0 unspecified atom stereocenters. The van der Waals surface area contributed by atoms with E-state index in [0.717, 1.165) is 11.0 Å². The summed E-state index contributed by atoms with van der Waals surface area (Å²) in [6, 6.07) is 8.36. The van der Waals surface area contributed by atoms with Gasteiger partial charge in [0, 0.05) is 16.7 Å². The topological polar surface area (TPSA) is 15.3 Å². The summed E-state index contributed by atoms with van der Waals surface area (Å²) >= 11 is 3.49. The van der Waals surface area contributed by atoms with Crippen LogP contribution >= 0.6 is 15.9 Å². The predicted octanol–water partition coefficient (Wildman–Crippen LogP) is 3.74. The molecule has 94 valence electrons. The second-order valence-electron chi connectivity index (χ2n) is 4.69. The Morgan fingerprint density at radius 1 is 1.18 bits per heavy atom. The van der Waals surface area contributed by atoms with Crippen LogP contribution in [0.4, 0.5) is 5.69 Å². The maximum absolute atomic E-state index is 3.49. The minimum absolute atomic E-state index is 1.06. The summed E-state index contributed by atoms with van der Waals surface area (Å²) in [7, 11) is 0. The molecule has 2 nitrogen and oxygen atoms in total. The number of rotatable bonds is 5. The van der Waals surface area contributed by atoms with Crippen LogP contribution in [0.2, 0.25) is 0 Å². The van der Waals surface area contributed by atoms with Gasteiger partial charge >= 0.3 is 0 Å². The van der Waals surface area contributed by atoms with Gasteiger partial charge in [-0.15, -0.1) is 0 Å². The van der Waals surface area contributed by atoms with Crippen molar-refractivity contribution in [3.05, 3.63) is 28.7 Å². The van der Waals surface area contributed by atoms with E-state index in [1.165, 1.54) is 51.0 Å². The molecule has 1 saturated heterocycles. The fraction of sp³-hybridized carbons (Fsp3) is 0.571. The molecule has 0 amide bonds. The maximum atomic E-state index is 3.49. The zero-order valence-electron chi connectivity index (χ0n) is 10.3. The van der Waals surface area contributed by atoms with Crippen LogP contribution in [0.15, 0.2) is 28.7 Å². The first-order valence-corrected chi connectivity index (χ1v) is 7.36. The number of likely N-dealkylation sites (tertiary alicyclic amines) is 1. The lowest BCUT2D eigenvalue weighted by molar-refractivity contribution is 0.228. The summed E-state index contributed by atoms with van der Waals surface area (Å²) < 4.78 is 1.14. The van der Waals surface area contributed by atoms with Crippen LogP contribution in [0, 0.1) is 0 Å². The molecule has 1 N–H and O–H groups in total. The molecule has 0 atom stereocenters. The van der Waals surface area contributed by atoms with Crippen LogP contribution in [0.1, 0.15) is 25.7 Å². The summed E-state index contributed by atoms with van der Waals surface area (Å²) in [5.41, 5.74) is 1.21. The molecule has 2 rings (SSSR count). The molecule has 0 spiro atoms. The van der Waals surface area contributed by atoms with Crippen molar-refractivity contribution in [3.8, 4) is 0 Å². The zero-order valence-corrected chi connectivity index (χ0v) is 11.9. The third-order valence-electron chi connectivity index (χ3n) is 3.25. The number of hydrogen-bond donors (Lipinski definition) is 1. The Hall–Kier alpha value is -0.540. The third kappa shape index (κ3) is 4.68. The highest BCUT2D eigenvalue weighted by Gasteiger charge is 2.08. The average molecular weight is 297 g/mol. The van der Waals surface area contributed by atoms with Gasteiger partial charge in [-0.3, -0.25) is 0 Å². The van der Waals surface area contributed by atoms with E-state index >= 15 is 0 Å². The molecule has 1 aliphatic rings. The van der Waals surface area contributed by atoms with Crippen molar-refractivity contribution < 1.29 is 0 Å². The lowest BCUT2D eigenvalue weighted by Crippen LogP contribution is -2.31. The van der Waals surface area contributed by atoms with E-state index in [9.17, 15) is 0 Å². The highest BCUT2D eigenvalue weighted by Crippen LogP contribution is 2.15.